The molecule has 0 atom stereocenters. The van der Waals surface area contributed by atoms with E-state index in [0.29, 0.717) is 35.6 Å². The summed E-state index contributed by atoms with van der Waals surface area (Å²) in [4.78, 5) is 0. The first-order valence-electron chi connectivity index (χ1n) is 8.77. The predicted octanol–water partition coefficient (Wildman–Crippen LogP) is 6.58. The highest BCUT2D eigenvalue weighted by molar-refractivity contribution is 6.42. The molecular weight excluding hydrogens is 381 g/mol. The van der Waals surface area contributed by atoms with Gasteiger partial charge in [-0.2, -0.15) is 0 Å². The normalized spacial score (nSPS) is 10.5. The first-order valence-corrected chi connectivity index (χ1v) is 9.52. The van der Waals surface area contributed by atoms with Crippen molar-refractivity contribution in [1.82, 2.24) is 0 Å². The Morgan fingerprint density at radius 2 is 1.56 bits per heavy atom. The second-order valence-electron chi connectivity index (χ2n) is 5.97. The molecule has 27 heavy (non-hydrogen) atoms. The third-order valence-corrected chi connectivity index (χ3v) is 4.70. The molecule has 3 rings (SSSR count). The van der Waals surface area contributed by atoms with E-state index < -0.39 is 0 Å². The van der Waals surface area contributed by atoms with Crippen LogP contribution in [0.4, 0.5) is 5.69 Å². The van der Waals surface area contributed by atoms with E-state index in [0.717, 1.165) is 22.6 Å². The number of hydrogen-bond acceptors (Lipinski definition) is 3. The van der Waals surface area contributed by atoms with Gasteiger partial charge in [0.05, 0.1) is 16.7 Å². The van der Waals surface area contributed by atoms with E-state index in [1.54, 1.807) is 6.07 Å². The van der Waals surface area contributed by atoms with E-state index >= 15 is 0 Å². The maximum atomic E-state index is 6.06. The van der Waals surface area contributed by atoms with Gasteiger partial charge in [-0.05, 0) is 54.4 Å². The fourth-order valence-electron chi connectivity index (χ4n) is 2.60. The van der Waals surface area contributed by atoms with E-state index in [1.807, 2.05) is 67.6 Å². The molecule has 1 N–H and O–H groups in total. The minimum atomic E-state index is 0.387. The van der Waals surface area contributed by atoms with Gasteiger partial charge in [-0.15, -0.1) is 0 Å². The summed E-state index contributed by atoms with van der Waals surface area (Å²) >= 11 is 12.0. The van der Waals surface area contributed by atoms with Crippen LogP contribution in [0.2, 0.25) is 10.0 Å². The molecule has 0 aliphatic carbocycles. The molecule has 3 aromatic carbocycles. The summed E-state index contributed by atoms with van der Waals surface area (Å²) in [6.07, 6.45) is 0. The van der Waals surface area contributed by atoms with Crippen molar-refractivity contribution in [3.05, 3.63) is 87.9 Å². The molecule has 140 valence electrons. The monoisotopic (exact) mass is 401 g/mol. The largest absolute Gasteiger partial charge is 0.490 e. The number of anilines is 1. The molecule has 3 nitrogen and oxygen atoms in total. The summed E-state index contributed by atoms with van der Waals surface area (Å²) in [7, 11) is 0. The predicted molar refractivity (Wildman–Crippen MR) is 112 cm³/mol. The van der Waals surface area contributed by atoms with Crippen LogP contribution < -0.4 is 14.8 Å². The van der Waals surface area contributed by atoms with Crippen LogP contribution in [0.15, 0.2) is 66.7 Å². The Hall–Kier alpha value is -2.36. The zero-order chi connectivity index (χ0) is 19.1. The van der Waals surface area contributed by atoms with E-state index in [9.17, 15) is 0 Å². The first-order chi connectivity index (χ1) is 13.2. The van der Waals surface area contributed by atoms with Crippen LogP contribution in [-0.2, 0) is 13.2 Å². The lowest BCUT2D eigenvalue weighted by Crippen LogP contribution is -2.03. The van der Waals surface area contributed by atoms with Crippen molar-refractivity contribution >= 4 is 28.9 Å². The highest BCUT2D eigenvalue weighted by Crippen LogP contribution is 2.30. The van der Waals surface area contributed by atoms with Gasteiger partial charge in [0.1, 0.15) is 6.61 Å². The molecule has 0 spiro atoms. The fraction of sp³-hybridized carbons (Fsp3) is 0.182. The van der Waals surface area contributed by atoms with Crippen LogP contribution in [0, 0.1) is 0 Å². The standard InChI is InChI=1S/C22H21Cl2NO2/c1-2-26-22-13-16(14-25-18-6-4-3-5-7-18)9-11-21(22)27-15-17-8-10-19(23)20(24)12-17/h3-13,25H,2,14-15H2,1H3. The SMILES string of the molecule is CCOc1cc(CNc2ccccc2)ccc1OCc1ccc(Cl)c(Cl)c1. The molecular formula is C22H21Cl2NO2. The molecule has 3 aromatic rings. The quantitative estimate of drug-likeness (QED) is 0.462. The molecule has 0 saturated heterocycles. The molecule has 0 bridgehead atoms. The highest BCUT2D eigenvalue weighted by Gasteiger charge is 2.08. The van der Waals surface area contributed by atoms with E-state index in [4.69, 9.17) is 32.7 Å². The first kappa shape index (κ1) is 19.4. The average molecular weight is 402 g/mol. The van der Waals surface area contributed by atoms with Gasteiger partial charge >= 0.3 is 0 Å². The average Bonchev–Trinajstić information content (AvgIpc) is 2.69. The van der Waals surface area contributed by atoms with Gasteiger partial charge in [-0.3, -0.25) is 0 Å². The Balaban J connectivity index is 1.68. The lowest BCUT2D eigenvalue weighted by molar-refractivity contribution is 0.269. The zero-order valence-electron chi connectivity index (χ0n) is 15.0. The maximum absolute atomic E-state index is 6.06. The van der Waals surface area contributed by atoms with Gasteiger partial charge in [0, 0.05) is 12.2 Å². The lowest BCUT2D eigenvalue weighted by atomic mass is 10.2. The van der Waals surface area contributed by atoms with Crippen molar-refractivity contribution < 1.29 is 9.47 Å². The summed E-state index contributed by atoms with van der Waals surface area (Å²) in [6, 6.07) is 21.5. The molecule has 0 aromatic heterocycles. The van der Waals surface area contributed by atoms with Crippen LogP contribution >= 0.6 is 23.2 Å². The molecule has 0 aliphatic rings. The van der Waals surface area contributed by atoms with E-state index in [-0.39, 0.29) is 0 Å². The summed E-state index contributed by atoms with van der Waals surface area (Å²) in [5.41, 5.74) is 3.14. The Labute approximate surface area is 169 Å². The highest BCUT2D eigenvalue weighted by atomic mass is 35.5. The Morgan fingerprint density at radius 1 is 0.778 bits per heavy atom. The minimum Gasteiger partial charge on any atom is -0.490 e. The van der Waals surface area contributed by atoms with E-state index in [1.165, 1.54) is 0 Å². The Bertz CT molecular complexity index is 885. The number of ether oxygens (including phenoxy) is 2. The number of rotatable bonds is 8. The molecule has 0 aliphatic heterocycles. The van der Waals surface area contributed by atoms with Gasteiger partial charge in [0.25, 0.3) is 0 Å². The van der Waals surface area contributed by atoms with Crippen molar-refractivity contribution in [2.24, 2.45) is 0 Å². The number of nitrogens with one attached hydrogen (secondary N) is 1. The maximum Gasteiger partial charge on any atom is 0.161 e. The fourth-order valence-corrected chi connectivity index (χ4v) is 2.92. The third-order valence-electron chi connectivity index (χ3n) is 3.96. The molecule has 0 radical (unpaired) electrons. The number of para-hydroxylation sites is 1. The number of hydrogen-bond donors (Lipinski definition) is 1. The van der Waals surface area contributed by atoms with Crippen molar-refractivity contribution in [2.75, 3.05) is 11.9 Å². The van der Waals surface area contributed by atoms with Crippen molar-refractivity contribution in [1.29, 1.82) is 0 Å². The zero-order valence-corrected chi connectivity index (χ0v) is 16.6. The van der Waals surface area contributed by atoms with Crippen molar-refractivity contribution in [3.8, 4) is 11.5 Å². The number of halogens is 2. The number of benzene rings is 3. The van der Waals surface area contributed by atoms with Crippen molar-refractivity contribution in [3.63, 3.8) is 0 Å². The molecule has 0 unspecified atom stereocenters. The smallest absolute Gasteiger partial charge is 0.161 e. The molecule has 0 heterocycles. The molecule has 5 heteroatoms. The van der Waals surface area contributed by atoms with Crippen LogP contribution in [0.5, 0.6) is 11.5 Å². The van der Waals surface area contributed by atoms with Gasteiger partial charge in [0.2, 0.25) is 0 Å². The summed E-state index contributed by atoms with van der Waals surface area (Å²) in [5.74, 6) is 1.43. The summed E-state index contributed by atoms with van der Waals surface area (Å²) in [6.45, 7) is 3.62. The van der Waals surface area contributed by atoms with E-state index in [2.05, 4.69) is 5.32 Å². The second kappa shape index (κ2) is 9.54. The summed E-state index contributed by atoms with van der Waals surface area (Å²) < 4.78 is 11.7. The Kier molecular flexibility index (Phi) is 6.86. The molecule has 0 saturated carbocycles. The van der Waals surface area contributed by atoms with Gasteiger partial charge in [-0.1, -0.05) is 53.5 Å². The van der Waals surface area contributed by atoms with Crippen LogP contribution in [-0.4, -0.2) is 6.61 Å². The van der Waals surface area contributed by atoms with Gasteiger partial charge in [-0.25, -0.2) is 0 Å². The lowest BCUT2D eigenvalue weighted by Gasteiger charge is -2.14. The van der Waals surface area contributed by atoms with Gasteiger partial charge in [0.15, 0.2) is 11.5 Å². The second-order valence-corrected chi connectivity index (χ2v) is 6.79. The molecule has 0 fully saturated rings. The molecule has 0 amide bonds. The third kappa shape index (κ3) is 5.56. The topological polar surface area (TPSA) is 30.5 Å². The summed E-state index contributed by atoms with van der Waals surface area (Å²) in [5, 5.41) is 4.45. The minimum absolute atomic E-state index is 0.387. The van der Waals surface area contributed by atoms with Crippen LogP contribution in [0.1, 0.15) is 18.1 Å². The van der Waals surface area contributed by atoms with Gasteiger partial charge < -0.3 is 14.8 Å². The van der Waals surface area contributed by atoms with Crippen LogP contribution in [0.25, 0.3) is 0 Å². The Morgan fingerprint density at radius 3 is 2.30 bits per heavy atom. The van der Waals surface area contributed by atoms with Crippen LogP contribution in [0.3, 0.4) is 0 Å². The van der Waals surface area contributed by atoms with Crippen molar-refractivity contribution in [2.45, 2.75) is 20.1 Å².